The van der Waals surface area contributed by atoms with Gasteiger partial charge in [0, 0.05) is 0 Å². The normalized spacial score (nSPS) is 23.3. The number of ether oxygens (including phenoxy) is 4. The first-order valence-corrected chi connectivity index (χ1v) is 12.4. The maximum absolute atomic E-state index is 12.9. The zero-order valence-corrected chi connectivity index (χ0v) is 21.1. The molecule has 9 heteroatoms. The van der Waals surface area contributed by atoms with Crippen molar-refractivity contribution in [2.45, 2.75) is 28.5 Å². The molecule has 1 aliphatic heterocycles. The standard InChI is InChI=1S/C27H23IO8/c28-21-23(36-26(31)19-14-8-3-9-15-19)22(35-25(30)18-12-6-2-7-13-18)20(34-27(21)32)16-33-24(29)17-10-4-1-5-11-17/h1-15,20-23,27,32H,16H2/t20-,21+,22+,23-,27+/m1/s1. The lowest BCUT2D eigenvalue weighted by Crippen LogP contribution is -2.59. The van der Waals surface area contributed by atoms with Crippen LogP contribution in [-0.4, -0.2) is 58.1 Å². The lowest BCUT2D eigenvalue weighted by atomic mass is 10.0. The van der Waals surface area contributed by atoms with Crippen molar-refractivity contribution >= 4 is 40.5 Å². The van der Waals surface area contributed by atoms with Crippen LogP contribution >= 0.6 is 22.6 Å². The van der Waals surface area contributed by atoms with E-state index in [0.29, 0.717) is 11.1 Å². The Hall–Kier alpha value is -3.28. The number of aliphatic hydroxyl groups excluding tert-OH is 1. The van der Waals surface area contributed by atoms with Gasteiger partial charge in [-0.25, -0.2) is 14.4 Å². The predicted molar refractivity (Wildman–Crippen MR) is 137 cm³/mol. The van der Waals surface area contributed by atoms with Crippen molar-refractivity contribution in [3.63, 3.8) is 0 Å². The van der Waals surface area contributed by atoms with Crippen LogP contribution in [0.4, 0.5) is 0 Å². The molecule has 3 aromatic rings. The third-order valence-corrected chi connectivity index (χ3v) is 6.81. The van der Waals surface area contributed by atoms with Crippen LogP contribution in [0.5, 0.6) is 0 Å². The minimum Gasteiger partial charge on any atom is -0.459 e. The largest absolute Gasteiger partial charge is 0.459 e. The summed E-state index contributed by atoms with van der Waals surface area (Å²) in [6.07, 6.45) is -4.72. The highest BCUT2D eigenvalue weighted by Crippen LogP contribution is 2.31. The summed E-state index contributed by atoms with van der Waals surface area (Å²) < 4.78 is 21.8. The molecule has 0 aromatic heterocycles. The molecule has 0 saturated carbocycles. The molecule has 1 aliphatic rings. The maximum atomic E-state index is 12.9. The van der Waals surface area contributed by atoms with E-state index >= 15 is 0 Å². The molecule has 0 spiro atoms. The number of carbonyl (C=O) groups excluding carboxylic acids is 3. The fraction of sp³-hybridized carbons (Fsp3) is 0.222. The molecule has 0 radical (unpaired) electrons. The monoisotopic (exact) mass is 602 g/mol. The Bertz CT molecular complexity index is 1170. The van der Waals surface area contributed by atoms with Crippen LogP contribution in [0.15, 0.2) is 91.0 Å². The van der Waals surface area contributed by atoms with Gasteiger partial charge < -0.3 is 24.1 Å². The minimum atomic E-state index is -1.37. The lowest BCUT2D eigenvalue weighted by Gasteiger charge is -2.41. The summed E-state index contributed by atoms with van der Waals surface area (Å²) in [7, 11) is 0. The quantitative estimate of drug-likeness (QED) is 0.188. The Labute approximate surface area is 221 Å². The van der Waals surface area contributed by atoms with E-state index in [1.54, 1.807) is 91.0 Å². The molecule has 0 aliphatic carbocycles. The summed E-state index contributed by atoms with van der Waals surface area (Å²) >= 11 is 1.88. The highest BCUT2D eigenvalue weighted by molar-refractivity contribution is 14.1. The highest BCUT2D eigenvalue weighted by Gasteiger charge is 2.49. The van der Waals surface area contributed by atoms with Crippen molar-refractivity contribution in [1.82, 2.24) is 0 Å². The van der Waals surface area contributed by atoms with E-state index in [4.69, 9.17) is 18.9 Å². The number of benzene rings is 3. The topological polar surface area (TPSA) is 108 Å². The summed E-state index contributed by atoms with van der Waals surface area (Å²) in [5.74, 6) is -1.95. The molecule has 1 saturated heterocycles. The van der Waals surface area contributed by atoms with Crippen molar-refractivity contribution in [2.75, 3.05) is 6.61 Å². The average molecular weight is 602 g/mol. The zero-order chi connectivity index (χ0) is 25.5. The van der Waals surface area contributed by atoms with Crippen LogP contribution in [0.25, 0.3) is 0 Å². The number of rotatable bonds is 7. The van der Waals surface area contributed by atoms with Gasteiger partial charge in [0.1, 0.15) is 16.6 Å². The Morgan fingerprint density at radius 1 is 0.694 bits per heavy atom. The van der Waals surface area contributed by atoms with E-state index < -0.39 is 46.4 Å². The number of halogens is 1. The number of alkyl halides is 1. The van der Waals surface area contributed by atoms with E-state index in [-0.39, 0.29) is 12.2 Å². The van der Waals surface area contributed by atoms with Gasteiger partial charge in [-0.05, 0) is 36.4 Å². The van der Waals surface area contributed by atoms with Crippen LogP contribution in [0.1, 0.15) is 31.1 Å². The zero-order valence-electron chi connectivity index (χ0n) is 18.9. The van der Waals surface area contributed by atoms with E-state index in [9.17, 15) is 19.5 Å². The summed E-state index contributed by atoms with van der Waals surface area (Å²) in [5, 5.41) is 10.6. The summed E-state index contributed by atoms with van der Waals surface area (Å²) in [4.78, 5) is 38.3. The second kappa shape index (κ2) is 12.1. The molecular weight excluding hydrogens is 579 g/mol. The third kappa shape index (κ3) is 6.28. The third-order valence-electron chi connectivity index (χ3n) is 5.48. The molecule has 1 heterocycles. The van der Waals surface area contributed by atoms with Gasteiger partial charge in [-0.2, -0.15) is 0 Å². The molecule has 1 N–H and O–H groups in total. The fourth-order valence-electron chi connectivity index (χ4n) is 3.64. The summed E-state index contributed by atoms with van der Waals surface area (Å²) in [6.45, 7) is -0.347. The second-order valence-electron chi connectivity index (χ2n) is 7.95. The molecule has 36 heavy (non-hydrogen) atoms. The Kier molecular flexibility index (Phi) is 8.68. The first-order valence-electron chi connectivity index (χ1n) is 11.2. The van der Waals surface area contributed by atoms with Crippen molar-refractivity contribution in [1.29, 1.82) is 0 Å². The SMILES string of the molecule is O=C(OC[C@H]1O[C@H](O)[C@@H](I)[C@@H](OC(=O)c2ccccc2)[C@H]1OC(=O)c1ccccc1)c1ccccc1. The predicted octanol–water partition coefficient (Wildman–Crippen LogP) is 3.82. The first kappa shape index (κ1) is 25.8. The number of aliphatic hydroxyl groups is 1. The van der Waals surface area contributed by atoms with Crippen LogP contribution in [-0.2, 0) is 18.9 Å². The van der Waals surface area contributed by atoms with Gasteiger partial charge >= 0.3 is 17.9 Å². The molecule has 0 amide bonds. The van der Waals surface area contributed by atoms with Gasteiger partial charge in [-0.3, -0.25) is 0 Å². The highest BCUT2D eigenvalue weighted by atomic mass is 127. The maximum Gasteiger partial charge on any atom is 0.338 e. The fourth-order valence-corrected chi connectivity index (χ4v) is 4.37. The van der Waals surface area contributed by atoms with E-state index in [0.717, 1.165) is 0 Å². The number of carbonyl (C=O) groups is 3. The van der Waals surface area contributed by atoms with Crippen LogP contribution < -0.4 is 0 Å². The minimum absolute atomic E-state index is 0.279. The van der Waals surface area contributed by atoms with Crippen LogP contribution in [0.3, 0.4) is 0 Å². The molecular formula is C27H23IO8. The molecule has 1 fully saturated rings. The van der Waals surface area contributed by atoms with E-state index in [2.05, 4.69) is 0 Å². The molecule has 4 rings (SSSR count). The smallest absolute Gasteiger partial charge is 0.338 e. The summed E-state index contributed by atoms with van der Waals surface area (Å²) in [5.41, 5.74) is 0.898. The second-order valence-corrected chi connectivity index (χ2v) is 9.38. The van der Waals surface area contributed by atoms with Crippen molar-refractivity contribution in [3.05, 3.63) is 108 Å². The lowest BCUT2D eigenvalue weighted by molar-refractivity contribution is -0.231. The van der Waals surface area contributed by atoms with Crippen LogP contribution in [0, 0.1) is 0 Å². The number of esters is 3. The van der Waals surface area contributed by atoms with Gasteiger partial charge in [0.15, 0.2) is 18.5 Å². The van der Waals surface area contributed by atoms with Gasteiger partial charge in [0.2, 0.25) is 0 Å². The van der Waals surface area contributed by atoms with Crippen molar-refractivity contribution in [2.24, 2.45) is 0 Å². The molecule has 8 nitrogen and oxygen atoms in total. The average Bonchev–Trinajstić information content (AvgIpc) is 2.92. The number of hydrogen-bond acceptors (Lipinski definition) is 8. The number of hydrogen-bond donors (Lipinski definition) is 1. The Morgan fingerprint density at radius 2 is 1.11 bits per heavy atom. The van der Waals surface area contributed by atoms with E-state index in [1.165, 1.54) is 0 Å². The Balaban J connectivity index is 1.57. The molecule has 0 bridgehead atoms. The van der Waals surface area contributed by atoms with Crippen LogP contribution in [0.2, 0.25) is 0 Å². The molecule has 186 valence electrons. The first-order chi connectivity index (χ1) is 17.4. The van der Waals surface area contributed by atoms with Gasteiger partial charge in [-0.15, -0.1) is 0 Å². The van der Waals surface area contributed by atoms with Crippen molar-refractivity contribution in [3.8, 4) is 0 Å². The Morgan fingerprint density at radius 3 is 1.58 bits per heavy atom. The molecule has 3 aromatic carbocycles. The van der Waals surface area contributed by atoms with Crippen molar-refractivity contribution < 1.29 is 38.4 Å². The summed E-state index contributed by atoms with van der Waals surface area (Å²) in [6, 6.07) is 25.0. The van der Waals surface area contributed by atoms with E-state index in [1.807, 2.05) is 22.6 Å². The van der Waals surface area contributed by atoms with Gasteiger partial charge in [0.05, 0.1) is 16.7 Å². The molecule has 5 atom stereocenters. The molecule has 0 unspecified atom stereocenters. The van der Waals surface area contributed by atoms with Gasteiger partial charge in [-0.1, -0.05) is 77.2 Å². The van der Waals surface area contributed by atoms with Gasteiger partial charge in [0.25, 0.3) is 0 Å².